The van der Waals surface area contributed by atoms with Crippen LogP contribution in [0.5, 0.6) is 0 Å². The van der Waals surface area contributed by atoms with Gasteiger partial charge in [0.05, 0.1) is 11.3 Å². The van der Waals surface area contributed by atoms with Crippen molar-refractivity contribution in [3.63, 3.8) is 0 Å². The molecule has 4 rings (SSSR count). The van der Waals surface area contributed by atoms with E-state index in [9.17, 15) is 9.59 Å². The molecule has 0 saturated heterocycles. The molecule has 0 aliphatic heterocycles. The van der Waals surface area contributed by atoms with Crippen molar-refractivity contribution in [3.05, 3.63) is 94.8 Å². The lowest BCUT2D eigenvalue weighted by molar-refractivity contribution is 0.101. The van der Waals surface area contributed by atoms with Crippen LogP contribution in [0.1, 0.15) is 57.4 Å². The van der Waals surface area contributed by atoms with E-state index in [-0.39, 0.29) is 17.7 Å². The zero-order valence-corrected chi connectivity index (χ0v) is 19.5. The zero-order chi connectivity index (χ0) is 24.2. The zero-order valence-electron chi connectivity index (χ0n) is 19.5. The molecule has 0 bridgehead atoms. The summed E-state index contributed by atoms with van der Waals surface area (Å²) in [5, 5.41) is 9.91. The lowest BCUT2D eigenvalue weighted by Gasteiger charge is -2.14. The number of amides is 2. The third kappa shape index (κ3) is 4.88. The second-order valence-electron chi connectivity index (χ2n) is 8.41. The van der Waals surface area contributed by atoms with Gasteiger partial charge in [-0.25, -0.2) is 0 Å². The molecule has 0 atom stereocenters. The number of aromatic nitrogens is 2. The average molecular weight is 455 g/mol. The van der Waals surface area contributed by atoms with E-state index in [2.05, 4.69) is 20.8 Å². The minimum absolute atomic E-state index is 0.123. The van der Waals surface area contributed by atoms with Crippen LogP contribution in [0, 0.1) is 13.8 Å². The Bertz CT molecular complexity index is 1340. The van der Waals surface area contributed by atoms with Crippen molar-refractivity contribution in [2.45, 2.75) is 33.6 Å². The molecule has 172 valence electrons. The average Bonchev–Trinajstić information content (AvgIpc) is 3.33. The number of aryl methyl sites for hydroxylation is 2. The molecule has 0 fully saturated rings. The number of nitrogens with zero attached hydrogens (tertiary/aromatic N) is 2. The van der Waals surface area contributed by atoms with Crippen molar-refractivity contribution in [1.29, 1.82) is 0 Å². The number of carbonyl (C=O) groups excluding carboxylic acids is 2. The second kappa shape index (κ2) is 9.70. The predicted octanol–water partition coefficient (Wildman–Crippen LogP) is 5.98. The van der Waals surface area contributed by atoms with Crippen LogP contribution < -0.4 is 10.6 Å². The van der Waals surface area contributed by atoms with Gasteiger partial charge >= 0.3 is 0 Å². The molecule has 4 aromatic rings. The van der Waals surface area contributed by atoms with Crippen LogP contribution in [0.2, 0.25) is 0 Å². The molecule has 1 heterocycles. The Labute approximate surface area is 198 Å². The summed E-state index contributed by atoms with van der Waals surface area (Å²) in [7, 11) is 0. The molecule has 2 amide bonds. The molecule has 34 heavy (non-hydrogen) atoms. The highest BCUT2D eigenvalue weighted by atomic mass is 16.5. The molecular formula is C27H26N4O3. The number of hydrogen-bond donors (Lipinski definition) is 2. The fourth-order valence-electron chi connectivity index (χ4n) is 3.46. The Hall–Kier alpha value is -4.26. The lowest BCUT2D eigenvalue weighted by Crippen LogP contribution is -2.16. The number of rotatable bonds is 6. The molecule has 0 aliphatic carbocycles. The molecule has 1 aromatic heterocycles. The van der Waals surface area contributed by atoms with Gasteiger partial charge in [0, 0.05) is 22.7 Å². The highest BCUT2D eigenvalue weighted by Crippen LogP contribution is 2.31. The van der Waals surface area contributed by atoms with Crippen molar-refractivity contribution in [3.8, 4) is 11.5 Å². The van der Waals surface area contributed by atoms with Crippen LogP contribution in [-0.4, -0.2) is 22.0 Å². The van der Waals surface area contributed by atoms with Crippen molar-refractivity contribution < 1.29 is 14.1 Å². The van der Waals surface area contributed by atoms with E-state index in [1.165, 1.54) is 0 Å². The van der Waals surface area contributed by atoms with E-state index in [1.807, 2.05) is 52.0 Å². The smallest absolute Gasteiger partial charge is 0.260 e. The predicted molar refractivity (Wildman–Crippen MR) is 132 cm³/mol. The first-order valence-electron chi connectivity index (χ1n) is 11.1. The first kappa shape index (κ1) is 22.9. The number of para-hydroxylation sites is 1. The van der Waals surface area contributed by atoms with Gasteiger partial charge < -0.3 is 15.2 Å². The molecule has 7 nitrogen and oxygen atoms in total. The highest BCUT2D eigenvalue weighted by Gasteiger charge is 2.19. The molecule has 0 radical (unpaired) electrons. The van der Waals surface area contributed by atoms with Gasteiger partial charge in [-0.2, -0.15) is 4.98 Å². The van der Waals surface area contributed by atoms with Gasteiger partial charge in [0.1, 0.15) is 0 Å². The van der Waals surface area contributed by atoms with Gasteiger partial charge in [-0.05, 0) is 55.3 Å². The standard InChI is InChI=1S/C27H26N4O3/c1-16(2)24-30-27(34-31-24)21-12-8-9-18(4)23(21)29-26(33)20-14-13-17(3)22(15-20)28-25(32)19-10-6-5-7-11-19/h5-16H,1-4H3,(H,28,32)(H,29,33). The van der Waals surface area contributed by atoms with E-state index in [1.54, 1.807) is 42.5 Å². The number of carbonyl (C=O) groups is 2. The normalized spacial score (nSPS) is 10.9. The maximum atomic E-state index is 13.2. The summed E-state index contributed by atoms with van der Waals surface area (Å²) >= 11 is 0. The SMILES string of the molecule is Cc1ccc(C(=O)Nc2c(C)cccc2-c2nc(C(C)C)no2)cc1NC(=O)c1ccccc1. The largest absolute Gasteiger partial charge is 0.334 e. The van der Waals surface area contributed by atoms with E-state index in [0.717, 1.165) is 11.1 Å². The van der Waals surface area contributed by atoms with Crippen molar-refractivity contribution >= 4 is 23.2 Å². The summed E-state index contributed by atoms with van der Waals surface area (Å²) in [4.78, 5) is 30.3. The number of nitrogens with one attached hydrogen (secondary N) is 2. The summed E-state index contributed by atoms with van der Waals surface area (Å²) in [6.45, 7) is 7.75. The Morgan fingerprint density at radius 2 is 1.56 bits per heavy atom. The van der Waals surface area contributed by atoms with Crippen LogP contribution >= 0.6 is 0 Å². The van der Waals surface area contributed by atoms with E-state index in [4.69, 9.17) is 4.52 Å². The van der Waals surface area contributed by atoms with Gasteiger partial charge in [0.15, 0.2) is 5.82 Å². The van der Waals surface area contributed by atoms with Gasteiger partial charge in [0.2, 0.25) is 0 Å². The Morgan fingerprint density at radius 1 is 0.824 bits per heavy atom. The van der Waals surface area contributed by atoms with Gasteiger partial charge in [-0.15, -0.1) is 0 Å². The monoisotopic (exact) mass is 454 g/mol. The van der Waals surface area contributed by atoms with Gasteiger partial charge in [-0.1, -0.05) is 55.4 Å². The third-order valence-electron chi connectivity index (χ3n) is 5.48. The minimum Gasteiger partial charge on any atom is -0.334 e. The third-order valence-corrected chi connectivity index (χ3v) is 5.48. The maximum Gasteiger partial charge on any atom is 0.260 e. The Balaban J connectivity index is 1.60. The molecule has 0 unspecified atom stereocenters. The summed E-state index contributed by atoms with van der Waals surface area (Å²) < 4.78 is 5.46. The number of anilines is 2. The quantitative estimate of drug-likeness (QED) is 0.373. The van der Waals surface area contributed by atoms with Crippen LogP contribution in [-0.2, 0) is 0 Å². The first-order valence-corrected chi connectivity index (χ1v) is 11.1. The minimum atomic E-state index is -0.311. The fraction of sp³-hybridized carbons (Fsp3) is 0.185. The van der Waals surface area contributed by atoms with Crippen LogP contribution in [0.15, 0.2) is 71.3 Å². The van der Waals surface area contributed by atoms with E-state index < -0.39 is 0 Å². The molecule has 0 spiro atoms. The molecule has 7 heteroatoms. The molecular weight excluding hydrogens is 428 g/mol. The van der Waals surface area contributed by atoms with Crippen LogP contribution in [0.25, 0.3) is 11.5 Å². The highest BCUT2D eigenvalue weighted by molar-refractivity contribution is 6.09. The van der Waals surface area contributed by atoms with Crippen LogP contribution in [0.3, 0.4) is 0 Å². The van der Waals surface area contributed by atoms with Crippen molar-refractivity contribution in [2.75, 3.05) is 10.6 Å². The topological polar surface area (TPSA) is 97.1 Å². The summed E-state index contributed by atoms with van der Waals surface area (Å²) in [5.74, 6) is 0.528. The first-order chi connectivity index (χ1) is 16.3. The van der Waals surface area contributed by atoms with Gasteiger partial charge in [0.25, 0.3) is 17.7 Å². The second-order valence-corrected chi connectivity index (χ2v) is 8.41. The number of benzene rings is 3. The lowest BCUT2D eigenvalue weighted by atomic mass is 10.1. The fourth-order valence-corrected chi connectivity index (χ4v) is 3.46. The summed E-state index contributed by atoms with van der Waals surface area (Å²) in [6.07, 6.45) is 0. The summed E-state index contributed by atoms with van der Waals surface area (Å²) in [5.41, 5.74) is 4.49. The molecule has 0 saturated carbocycles. The molecule has 3 aromatic carbocycles. The summed E-state index contributed by atoms with van der Waals surface area (Å²) in [6, 6.07) is 19.8. The van der Waals surface area contributed by atoms with Crippen molar-refractivity contribution in [2.24, 2.45) is 0 Å². The maximum absolute atomic E-state index is 13.2. The van der Waals surface area contributed by atoms with Gasteiger partial charge in [-0.3, -0.25) is 9.59 Å². The Kier molecular flexibility index (Phi) is 6.54. The van der Waals surface area contributed by atoms with E-state index >= 15 is 0 Å². The number of hydrogen-bond acceptors (Lipinski definition) is 5. The molecule has 0 aliphatic rings. The molecule has 2 N–H and O–H groups in total. The van der Waals surface area contributed by atoms with E-state index in [0.29, 0.717) is 39.8 Å². The van der Waals surface area contributed by atoms with Crippen molar-refractivity contribution in [1.82, 2.24) is 10.1 Å². The van der Waals surface area contributed by atoms with Crippen LogP contribution in [0.4, 0.5) is 11.4 Å². The Morgan fingerprint density at radius 3 is 2.26 bits per heavy atom.